The van der Waals surface area contributed by atoms with Crippen LogP contribution in [-0.4, -0.2) is 34.8 Å². The van der Waals surface area contributed by atoms with Gasteiger partial charge in [0.2, 0.25) is 0 Å². The molecule has 104 valence electrons. The van der Waals surface area contributed by atoms with Crippen molar-refractivity contribution in [3.05, 3.63) is 35.7 Å². The highest BCUT2D eigenvalue weighted by Gasteiger charge is 2.35. The molecule has 19 heavy (non-hydrogen) atoms. The lowest BCUT2D eigenvalue weighted by molar-refractivity contribution is -0.147. The van der Waals surface area contributed by atoms with E-state index in [0.29, 0.717) is 5.56 Å². The summed E-state index contributed by atoms with van der Waals surface area (Å²) in [5.74, 6) is -1.21. The van der Waals surface area contributed by atoms with Crippen LogP contribution in [0.4, 0.5) is 4.39 Å². The Balaban J connectivity index is 2.04. The Morgan fingerprint density at radius 1 is 1.47 bits per heavy atom. The maximum Gasteiger partial charge on any atom is 0.163 e. The van der Waals surface area contributed by atoms with Crippen molar-refractivity contribution in [1.29, 1.82) is 0 Å². The van der Waals surface area contributed by atoms with Crippen molar-refractivity contribution in [1.82, 2.24) is 0 Å². The van der Waals surface area contributed by atoms with Gasteiger partial charge in [-0.05, 0) is 32.0 Å². The van der Waals surface area contributed by atoms with Crippen LogP contribution in [0.25, 0.3) is 6.08 Å². The van der Waals surface area contributed by atoms with E-state index in [0.717, 1.165) is 0 Å². The highest BCUT2D eigenvalue weighted by Crippen LogP contribution is 2.25. The van der Waals surface area contributed by atoms with Gasteiger partial charge in [0.15, 0.2) is 5.79 Å². The maximum absolute atomic E-state index is 13.0. The quantitative estimate of drug-likeness (QED) is 0.881. The first kappa shape index (κ1) is 14.0. The highest BCUT2D eigenvalue weighted by molar-refractivity contribution is 5.57. The number of aliphatic hydroxyl groups excluding tert-OH is 1. The van der Waals surface area contributed by atoms with Crippen molar-refractivity contribution in [3.63, 3.8) is 0 Å². The zero-order valence-corrected chi connectivity index (χ0v) is 10.8. The Kier molecular flexibility index (Phi) is 3.89. The molecule has 4 nitrogen and oxygen atoms in total. The van der Waals surface area contributed by atoms with Crippen molar-refractivity contribution in [2.24, 2.45) is 0 Å². The summed E-state index contributed by atoms with van der Waals surface area (Å²) in [4.78, 5) is 0. The van der Waals surface area contributed by atoms with Gasteiger partial charge in [-0.3, -0.25) is 0 Å². The van der Waals surface area contributed by atoms with Crippen LogP contribution in [0.5, 0.6) is 5.75 Å². The number of ether oxygens (including phenoxy) is 2. The molecule has 0 aromatic heterocycles. The van der Waals surface area contributed by atoms with Crippen LogP contribution in [0.2, 0.25) is 0 Å². The smallest absolute Gasteiger partial charge is 0.163 e. The van der Waals surface area contributed by atoms with Gasteiger partial charge in [0, 0.05) is 5.56 Å². The lowest BCUT2D eigenvalue weighted by atomic mass is 10.1. The molecule has 0 aliphatic carbocycles. The molecule has 0 spiro atoms. The lowest BCUT2D eigenvalue weighted by Crippen LogP contribution is -2.29. The molecule has 1 heterocycles. The van der Waals surface area contributed by atoms with Gasteiger partial charge in [-0.25, -0.2) is 4.39 Å². The number of benzene rings is 1. The fourth-order valence-corrected chi connectivity index (χ4v) is 1.87. The van der Waals surface area contributed by atoms with Crippen molar-refractivity contribution in [2.45, 2.75) is 31.8 Å². The molecule has 1 saturated heterocycles. The monoisotopic (exact) mass is 268 g/mol. The van der Waals surface area contributed by atoms with Gasteiger partial charge in [0.1, 0.15) is 23.8 Å². The van der Waals surface area contributed by atoms with E-state index in [4.69, 9.17) is 9.47 Å². The van der Waals surface area contributed by atoms with Crippen LogP contribution in [0.3, 0.4) is 0 Å². The van der Waals surface area contributed by atoms with Crippen LogP contribution < -0.4 is 0 Å². The minimum absolute atomic E-state index is 0.0474. The third kappa shape index (κ3) is 3.53. The largest absolute Gasteiger partial charge is 0.507 e. The Morgan fingerprint density at radius 3 is 2.84 bits per heavy atom. The molecule has 1 aliphatic heterocycles. The summed E-state index contributed by atoms with van der Waals surface area (Å²) in [6.45, 7) is 3.82. The molecule has 1 aromatic carbocycles. The fourth-order valence-electron chi connectivity index (χ4n) is 1.87. The molecule has 1 aliphatic rings. The number of aliphatic hydroxyl groups is 1. The van der Waals surface area contributed by atoms with Crippen molar-refractivity contribution in [3.8, 4) is 5.75 Å². The Labute approximate surface area is 111 Å². The second kappa shape index (κ2) is 5.28. The first-order valence-corrected chi connectivity index (χ1v) is 6.04. The summed E-state index contributed by atoms with van der Waals surface area (Å²) in [6, 6.07) is 3.62. The van der Waals surface area contributed by atoms with Gasteiger partial charge in [-0.1, -0.05) is 12.2 Å². The van der Waals surface area contributed by atoms with Crippen LogP contribution in [-0.2, 0) is 9.47 Å². The molecular weight excluding hydrogens is 251 g/mol. The number of hydrogen-bond acceptors (Lipinski definition) is 4. The van der Waals surface area contributed by atoms with Gasteiger partial charge in [-0.2, -0.15) is 0 Å². The summed E-state index contributed by atoms with van der Waals surface area (Å²) >= 11 is 0. The fraction of sp³-hybridized carbons (Fsp3) is 0.429. The van der Waals surface area contributed by atoms with Gasteiger partial charge in [-0.15, -0.1) is 0 Å². The van der Waals surface area contributed by atoms with Crippen LogP contribution in [0.15, 0.2) is 24.3 Å². The van der Waals surface area contributed by atoms with Crippen LogP contribution >= 0.6 is 0 Å². The van der Waals surface area contributed by atoms with Gasteiger partial charge in [0.25, 0.3) is 0 Å². The Hall–Kier alpha value is -1.43. The molecule has 0 radical (unpaired) electrons. The summed E-state index contributed by atoms with van der Waals surface area (Å²) in [5.41, 5.74) is 0.303. The SMILES string of the molecule is CC1(C)OC[C@@H]([C@@H](O)C=Cc2cc(F)ccc2O)O1. The van der Waals surface area contributed by atoms with Crippen LogP contribution in [0, 0.1) is 5.82 Å². The van der Waals surface area contributed by atoms with E-state index < -0.39 is 23.8 Å². The zero-order valence-electron chi connectivity index (χ0n) is 10.8. The Morgan fingerprint density at radius 2 is 2.21 bits per heavy atom. The number of aromatic hydroxyl groups is 1. The number of phenolic OH excluding ortho intramolecular Hbond substituents is 1. The molecule has 1 aromatic rings. The molecule has 5 heteroatoms. The predicted molar refractivity (Wildman–Crippen MR) is 68.0 cm³/mol. The standard InChI is InChI=1S/C14H17FO4/c1-14(2)18-8-13(19-14)12(17)5-3-9-7-10(15)4-6-11(9)16/h3-7,12-13,16-17H,8H2,1-2H3/t12-,13-/m0/s1. The zero-order chi connectivity index (χ0) is 14.0. The molecule has 2 rings (SSSR count). The molecular formula is C14H17FO4. The van der Waals surface area contributed by atoms with E-state index in [1.54, 1.807) is 13.8 Å². The topological polar surface area (TPSA) is 58.9 Å². The average molecular weight is 268 g/mol. The third-order valence-corrected chi connectivity index (χ3v) is 2.87. The second-order valence-electron chi connectivity index (χ2n) is 4.92. The van der Waals surface area contributed by atoms with E-state index in [9.17, 15) is 14.6 Å². The number of hydrogen-bond donors (Lipinski definition) is 2. The van der Waals surface area contributed by atoms with Gasteiger partial charge < -0.3 is 19.7 Å². The summed E-state index contributed by atoms with van der Waals surface area (Å²) in [6.07, 6.45) is 1.55. The predicted octanol–water partition coefficient (Wildman–Crippen LogP) is 2.06. The summed E-state index contributed by atoms with van der Waals surface area (Å²) in [5, 5.41) is 19.5. The summed E-state index contributed by atoms with van der Waals surface area (Å²) < 4.78 is 23.9. The number of phenols is 1. The lowest BCUT2D eigenvalue weighted by Gasteiger charge is -2.18. The third-order valence-electron chi connectivity index (χ3n) is 2.87. The molecule has 1 fully saturated rings. The van der Waals surface area contributed by atoms with Crippen molar-refractivity contribution in [2.75, 3.05) is 6.61 Å². The van der Waals surface area contributed by atoms with Crippen molar-refractivity contribution < 1.29 is 24.1 Å². The molecule has 0 unspecified atom stereocenters. The second-order valence-corrected chi connectivity index (χ2v) is 4.92. The summed E-state index contributed by atoms with van der Waals surface area (Å²) in [7, 11) is 0. The van der Waals surface area contributed by atoms with Crippen molar-refractivity contribution >= 4 is 6.08 Å². The van der Waals surface area contributed by atoms with Gasteiger partial charge >= 0.3 is 0 Å². The van der Waals surface area contributed by atoms with Crippen LogP contribution in [0.1, 0.15) is 19.4 Å². The van der Waals surface area contributed by atoms with E-state index in [2.05, 4.69) is 0 Å². The maximum atomic E-state index is 13.0. The molecule has 0 amide bonds. The minimum Gasteiger partial charge on any atom is -0.507 e. The molecule has 0 bridgehead atoms. The molecule has 2 N–H and O–H groups in total. The van der Waals surface area contributed by atoms with E-state index in [1.165, 1.54) is 30.4 Å². The van der Waals surface area contributed by atoms with E-state index in [1.807, 2.05) is 0 Å². The Bertz CT molecular complexity index is 484. The number of rotatable bonds is 3. The highest BCUT2D eigenvalue weighted by atomic mass is 19.1. The van der Waals surface area contributed by atoms with E-state index >= 15 is 0 Å². The van der Waals surface area contributed by atoms with Gasteiger partial charge in [0.05, 0.1) is 6.61 Å². The number of halogens is 1. The molecule has 0 saturated carbocycles. The minimum atomic E-state index is -0.885. The first-order chi connectivity index (χ1) is 8.87. The first-order valence-electron chi connectivity index (χ1n) is 6.04. The average Bonchev–Trinajstić information content (AvgIpc) is 2.70. The van der Waals surface area contributed by atoms with E-state index in [-0.39, 0.29) is 12.4 Å². The molecule has 2 atom stereocenters. The normalized spacial score (nSPS) is 23.9.